The molecule has 3 aromatic carbocycles. The van der Waals surface area contributed by atoms with Gasteiger partial charge in [0, 0.05) is 34.2 Å². The third-order valence-corrected chi connectivity index (χ3v) is 9.53. The Balaban J connectivity index is 1.22. The van der Waals surface area contributed by atoms with Crippen molar-refractivity contribution in [2.75, 3.05) is 34.0 Å². The van der Waals surface area contributed by atoms with Crippen molar-refractivity contribution >= 4 is 29.5 Å². The molecule has 0 saturated carbocycles. The number of ketones is 2. The molecule has 3 aromatic rings. The molecule has 2 heterocycles. The zero-order chi connectivity index (χ0) is 41.4. The third kappa shape index (κ3) is 11.7. The second kappa shape index (κ2) is 22.1. The van der Waals surface area contributed by atoms with Gasteiger partial charge in [-0.05, 0) is 35.3 Å². The van der Waals surface area contributed by atoms with E-state index in [1.165, 1.54) is 7.11 Å². The second-order valence-electron chi connectivity index (χ2n) is 13.5. The molecule has 310 valence electrons. The van der Waals surface area contributed by atoms with Crippen molar-refractivity contribution < 1.29 is 67.0 Å². The van der Waals surface area contributed by atoms with Gasteiger partial charge in [-0.2, -0.15) is 0 Å². The molecular weight excluding hydrogens is 754 g/mol. The number of benzene rings is 3. The summed E-state index contributed by atoms with van der Waals surface area (Å²) in [7, 11) is 2.58. The van der Waals surface area contributed by atoms with Crippen molar-refractivity contribution in [3.63, 3.8) is 0 Å². The quantitative estimate of drug-likeness (QED) is 0.0925. The minimum Gasteiger partial charge on any atom is -0.451 e. The molecule has 0 radical (unpaired) electrons. The molecule has 2 amide bonds. The third-order valence-electron chi connectivity index (χ3n) is 9.53. The van der Waals surface area contributed by atoms with E-state index < -0.39 is 78.5 Å². The number of amides is 2. The molecule has 5 rings (SSSR count). The minimum absolute atomic E-state index is 0.0483. The lowest BCUT2D eigenvalue weighted by Crippen LogP contribution is -2.61. The van der Waals surface area contributed by atoms with Gasteiger partial charge in [-0.1, -0.05) is 91.0 Å². The van der Waals surface area contributed by atoms with E-state index in [9.17, 15) is 29.1 Å². The van der Waals surface area contributed by atoms with Gasteiger partial charge in [0.05, 0.1) is 19.8 Å². The van der Waals surface area contributed by atoms with Gasteiger partial charge in [-0.3, -0.25) is 19.2 Å². The monoisotopic (exact) mass is 803 g/mol. The van der Waals surface area contributed by atoms with Crippen LogP contribution in [0.5, 0.6) is 0 Å². The number of carbonyl (C=O) groups excluding carboxylic acids is 5. The van der Waals surface area contributed by atoms with Crippen LogP contribution >= 0.6 is 0 Å². The molecule has 2 saturated heterocycles. The number of rotatable bonds is 21. The fourth-order valence-electron chi connectivity index (χ4n) is 6.66. The number of nitrogens with zero attached hydrogens (tertiary/aromatic N) is 1. The van der Waals surface area contributed by atoms with Crippen LogP contribution in [0.3, 0.4) is 0 Å². The van der Waals surface area contributed by atoms with E-state index >= 15 is 0 Å². The molecule has 2 aliphatic rings. The Labute approximate surface area is 336 Å². The number of ether oxygens (including phenoxy) is 8. The van der Waals surface area contributed by atoms with Gasteiger partial charge in [0.1, 0.15) is 37.1 Å². The highest BCUT2D eigenvalue weighted by atomic mass is 16.7. The van der Waals surface area contributed by atoms with Gasteiger partial charge in [-0.25, -0.2) is 9.69 Å². The normalized spacial score (nSPS) is 23.0. The molecule has 0 aromatic heterocycles. The molecule has 15 heteroatoms. The predicted octanol–water partition coefficient (Wildman–Crippen LogP) is 4.05. The van der Waals surface area contributed by atoms with Gasteiger partial charge in [-0.15, -0.1) is 0 Å². The lowest BCUT2D eigenvalue weighted by molar-refractivity contribution is -0.319. The summed E-state index contributed by atoms with van der Waals surface area (Å²) in [5.41, 5.74) is 2.42. The first-order chi connectivity index (χ1) is 28.1. The Kier molecular flexibility index (Phi) is 16.8. The van der Waals surface area contributed by atoms with Crippen LogP contribution in [0.15, 0.2) is 103 Å². The van der Waals surface area contributed by atoms with Crippen LogP contribution in [0, 0.1) is 0 Å². The highest BCUT2D eigenvalue weighted by molar-refractivity contribution is 6.05. The highest BCUT2D eigenvalue weighted by Crippen LogP contribution is 2.31. The number of hydrogen-bond donors (Lipinski definition) is 1. The second-order valence-corrected chi connectivity index (χ2v) is 13.5. The van der Waals surface area contributed by atoms with Gasteiger partial charge >= 0.3 is 12.1 Å². The van der Waals surface area contributed by atoms with Crippen LogP contribution < -0.4 is 0 Å². The molecular formula is C43H49NO14. The van der Waals surface area contributed by atoms with Crippen molar-refractivity contribution in [1.82, 2.24) is 4.90 Å². The fourth-order valence-corrected chi connectivity index (χ4v) is 6.66. The highest BCUT2D eigenvalue weighted by Gasteiger charge is 2.49. The van der Waals surface area contributed by atoms with E-state index in [0.29, 0.717) is 5.56 Å². The summed E-state index contributed by atoms with van der Waals surface area (Å²) in [6, 6.07) is 26.9. The van der Waals surface area contributed by atoms with E-state index in [0.717, 1.165) is 42.2 Å². The standard InChI is InChI=1S/C43H49NO14/c1-28(46)57-36(39(51-2)41(49)44-33(27-56-43(44)50)31-18-11-6-12-19-31)34(48)22-21-32(47)20-13-23-53-40-38(55-26-30-16-9-5-10-17-30)37(35(24-45)58-42(40)52-3)54-25-29-14-7-4-8-15-29/h4-12,14-19,21-22,33,35-40,42,45H,13,20,23-27H2,1-3H3/t33-,35+,36-,37+,38-,39+,40-,42-/m0/s1. The van der Waals surface area contributed by atoms with Gasteiger partial charge in [0.15, 0.2) is 30.1 Å². The lowest BCUT2D eigenvalue weighted by Gasteiger charge is -2.45. The summed E-state index contributed by atoms with van der Waals surface area (Å²) in [6.45, 7) is 1.04. The molecule has 2 fully saturated rings. The average Bonchev–Trinajstić information content (AvgIpc) is 3.64. The summed E-state index contributed by atoms with van der Waals surface area (Å²) in [4.78, 5) is 65.6. The number of hydrogen-bond acceptors (Lipinski definition) is 14. The maximum atomic E-state index is 13.7. The number of methoxy groups -OCH3 is 2. The summed E-state index contributed by atoms with van der Waals surface area (Å²) < 4.78 is 46.4. The van der Waals surface area contributed by atoms with Crippen LogP contribution in [0.25, 0.3) is 0 Å². The number of aliphatic hydroxyl groups excluding tert-OH is 1. The van der Waals surface area contributed by atoms with Gasteiger partial charge in [0.2, 0.25) is 0 Å². The van der Waals surface area contributed by atoms with Crippen molar-refractivity contribution in [3.05, 3.63) is 120 Å². The average molecular weight is 804 g/mol. The largest absolute Gasteiger partial charge is 0.451 e. The number of imide groups is 1. The molecule has 0 spiro atoms. The Morgan fingerprint density at radius 3 is 1.98 bits per heavy atom. The van der Waals surface area contributed by atoms with E-state index in [1.54, 1.807) is 30.3 Å². The summed E-state index contributed by atoms with van der Waals surface area (Å²) in [5, 5.41) is 10.3. The zero-order valence-corrected chi connectivity index (χ0v) is 32.6. The van der Waals surface area contributed by atoms with Crippen LogP contribution in [0.4, 0.5) is 4.79 Å². The van der Waals surface area contributed by atoms with E-state index in [4.69, 9.17) is 37.9 Å². The fraction of sp³-hybridized carbons (Fsp3) is 0.419. The molecule has 15 nitrogen and oxygen atoms in total. The molecule has 0 aliphatic carbocycles. The maximum absolute atomic E-state index is 13.7. The predicted molar refractivity (Wildman–Crippen MR) is 205 cm³/mol. The van der Waals surface area contributed by atoms with Crippen molar-refractivity contribution in [2.45, 2.75) is 81.9 Å². The Hall–Kier alpha value is -5.13. The summed E-state index contributed by atoms with van der Waals surface area (Å²) in [5.74, 6) is -3.22. The zero-order valence-electron chi connectivity index (χ0n) is 32.6. The van der Waals surface area contributed by atoms with E-state index in [-0.39, 0.29) is 45.9 Å². The van der Waals surface area contributed by atoms with Crippen molar-refractivity contribution in [3.8, 4) is 0 Å². The molecule has 2 aliphatic heterocycles. The van der Waals surface area contributed by atoms with Crippen LogP contribution in [-0.2, 0) is 70.3 Å². The van der Waals surface area contributed by atoms with Crippen molar-refractivity contribution in [1.29, 1.82) is 0 Å². The molecule has 1 N–H and O–H groups in total. The topological polar surface area (TPSA) is 183 Å². The van der Waals surface area contributed by atoms with Crippen molar-refractivity contribution in [2.24, 2.45) is 0 Å². The first kappa shape index (κ1) is 44.0. The number of esters is 1. The Morgan fingerprint density at radius 2 is 1.41 bits per heavy atom. The smallest absolute Gasteiger partial charge is 0.417 e. The number of allylic oxidation sites excluding steroid dienone is 1. The number of carbonyl (C=O) groups is 5. The van der Waals surface area contributed by atoms with E-state index in [2.05, 4.69) is 0 Å². The van der Waals surface area contributed by atoms with Gasteiger partial charge in [0.25, 0.3) is 5.91 Å². The molecule has 0 bridgehead atoms. The first-order valence-electron chi connectivity index (χ1n) is 18.9. The maximum Gasteiger partial charge on any atom is 0.417 e. The Morgan fingerprint density at radius 1 is 0.810 bits per heavy atom. The molecule has 8 atom stereocenters. The minimum atomic E-state index is -1.81. The summed E-state index contributed by atoms with van der Waals surface area (Å²) >= 11 is 0. The SMILES string of the molecule is CO[C@H]1O[C@H](CO)[C@@H](OCc2ccccc2)[C@H](OCc2ccccc2)[C@@H]1OCCCC(=O)C=CC(=O)[C@H](OC(C)=O)[C@@H](OC)C(=O)N1C(=O)OC[C@H]1c1ccccc1. The van der Waals surface area contributed by atoms with Crippen LogP contribution in [-0.4, -0.2) is 116 Å². The molecule has 0 unspecified atom stereocenters. The molecule has 58 heavy (non-hydrogen) atoms. The summed E-state index contributed by atoms with van der Waals surface area (Å²) in [6.07, 6.45) is -6.49. The van der Waals surface area contributed by atoms with Gasteiger partial charge < -0.3 is 43.0 Å². The van der Waals surface area contributed by atoms with Crippen LogP contribution in [0.1, 0.15) is 42.5 Å². The Bertz CT molecular complexity index is 1820. The van der Waals surface area contributed by atoms with E-state index in [1.807, 2.05) is 60.7 Å². The first-order valence-corrected chi connectivity index (χ1v) is 18.9. The number of cyclic esters (lactones) is 1. The van der Waals surface area contributed by atoms with Crippen LogP contribution in [0.2, 0.25) is 0 Å². The lowest BCUT2D eigenvalue weighted by atomic mass is 9.98. The number of aliphatic hydroxyl groups is 1.